The van der Waals surface area contributed by atoms with E-state index in [4.69, 9.17) is 4.74 Å². The van der Waals surface area contributed by atoms with Crippen molar-refractivity contribution in [1.82, 2.24) is 14.7 Å². The fourth-order valence-electron chi connectivity index (χ4n) is 4.57. The monoisotopic (exact) mass is 476 g/mol. The fraction of sp³-hybridized carbons (Fsp3) is 0.458. The van der Waals surface area contributed by atoms with E-state index in [0.717, 1.165) is 44.2 Å². The minimum Gasteiger partial charge on any atom is -0.459 e. The second kappa shape index (κ2) is 9.90. The fourth-order valence-corrected chi connectivity index (χ4v) is 4.57. The van der Waals surface area contributed by atoms with Crippen molar-refractivity contribution in [1.29, 1.82) is 0 Å². The highest BCUT2D eigenvalue weighted by Crippen LogP contribution is 2.37. The third kappa shape index (κ3) is 5.60. The van der Waals surface area contributed by atoms with Crippen LogP contribution >= 0.6 is 0 Å². The molecule has 2 amide bonds. The van der Waals surface area contributed by atoms with Crippen LogP contribution in [0.3, 0.4) is 0 Å². The number of ether oxygens (including phenoxy) is 1. The number of hydrogen-bond donors (Lipinski definition) is 1. The predicted molar refractivity (Wildman–Crippen MR) is 119 cm³/mol. The first-order valence-corrected chi connectivity index (χ1v) is 11.4. The maximum atomic E-state index is 13.3. The molecule has 0 bridgehead atoms. The molecule has 1 saturated carbocycles. The van der Waals surface area contributed by atoms with Crippen LogP contribution in [0.2, 0.25) is 0 Å². The number of halogens is 3. The van der Waals surface area contributed by atoms with Crippen LogP contribution in [0.25, 0.3) is 0 Å². The summed E-state index contributed by atoms with van der Waals surface area (Å²) in [5, 5.41) is 6.93. The highest BCUT2D eigenvalue weighted by Gasteiger charge is 2.38. The van der Waals surface area contributed by atoms with Crippen molar-refractivity contribution < 1.29 is 27.5 Å². The van der Waals surface area contributed by atoms with Crippen LogP contribution < -0.4 is 10.1 Å². The molecular formula is C24H27F3N4O3. The van der Waals surface area contributed by atoms with Gasteiger partial charge in [-0.3, -0.25) is 14.3 Å². The van der Waals surface area contributed by atoms with E-state index in [-0.39, 0.29) is 29.9 Å². The molecule has 1 aromatic heterocycles. The van der Waals surface area contributed by atoms with Crippen molar-refractivity contribution in [3.05, 3.63) is 53.9 Å². The summed E-state index contributed by atoms with van der Waals surface area (Å²) in [6.07, 6.45) is 4.00. The Kier molecular flexibility index (Phi) is 6.95. The Morgan fingerprint density at radius 1 is 1.21 bits per heavy atom. The van der Waals surface area contributed by atoms with Crippen LogP contribution in [0.1, 0.15) is 44.1 Å². The smallest absolute Gasteiger partial charge is 0.419 e. The lowest BCUT2D eigenvalue weighted by Crippen LogP contribution is -2.46. The molecule has 0 saturated heterocycles. The largest absolute Gasteiger partial charge is 0.459 e. The van der Waals surface area contributed by atoms with Gasteiger partial charge in [0.05, 0.1) is 12.1 Å². The first kappa shape index (κ1) is 23.8. The normalized spacial score (nSPS) is 18.1. The summed E-state index contributed by atoms with van der Waals surface area (Å²) in [6, 6.07) is 5.72. The average molecular weight is 476 g/mol. The highest BCUT2D eigenvalue weighted by atomic mass is 19.4. The van der Waals surface area contributed by atoms with Gasteiger partial charge in [-0.25, -0.2) is 0 Å². The summed E-state index contributed by atoms with van der Waals surface area (Å²) in [5.41, 5.74) is -0.923. The van der Waals surface area contributed by atoms with Crippen molar-refractivity contribution in [3.63, 3.8) is 0 Å². The number of benzene rings is 1. The number of para-hydroxylation sites is 1. The highest BCUT2D eigenvalue weighted by molar-refractivity contribution is 5.99. The van der Waals surface area contributed by atoms with Gasteiger partial charge in [-0.05, 0) is 24.5 Å². The van der Waals surface area contributed by atoms with Gasteiger partial charge in [-0.15, -0.1) is 0 Å². The van der Waals surface area contributed by atoms with E-state index in [1.165, 1.54) is 23.1 Å². The SMILES string of the molecule is Cn1ccc(NC(=O)C(CC2CCCCC2)N2CC(Oc3ccccc3C(F)(F)F)=CC2=O)n1. The standard InChI is InChI=1S/C24H27F3N4O3/c1-30-12-11-21(29-30)28-23(33)19(13-16-7-3-2-4-8-16)31-15-17(14-22(31)32)34-20-10-6-5-9-18(20)24(25,26)27/h5-6,9-12,14,16,19H,2-4,7-8,13,15H2,1H3,(H,28,29,33). The maximum Gasteiger partial charge on any atom is 0.419 e. The lowest BCUT2D eigenvalue weighted by atomic mass is 9.84. The zero-order valence-corrected chi connectivity index (χ0v) is 18.8. The van der Waals surface area contributed by atoms with Crippen molar-refractivity contribution in [2.75, 3.05) is 11.9 Å². The average Bonchev–Trinajstić information content (AvgIpc) is 3.36. The van der Waals surface area contributed by atoms with E-state index in [0.29, 0.717) is 12.2 Å². The molecule has 1 aromatic carbocycles. The Hall–Kier alpha value is -3.30. The van der Waals surface area contributed by atoms with Gasteiger partial charge in [-0.1, -0.05) is 44.2 Å². The molecule has 1 aliphatic carbocycles. The van der Waals surface area contributed by atoms with Crippen LogP contribution in [-0.2, 0) is 22.8 Å². The van der Waals surface area contributed by atoms with Gasteiger partial charge in [0.1, 0.15) is 17.6 Å². The number of aromatic nitrogens is 2. The number of carbonyl (C=O) groups excluding carboxylic acids is 2. The van der Waals surface area contributed by atoms with E-state index in [1.807, 2.05) is 0 Å². The summed E-state index contributed by atoms with van der Waals surface area (Å²) in [6.45, 7) is -0.0853. The molecule has 10 heteroatoms. The predicted octanol–water partition coefficient (Wildman–Crippen LogP) is 4.52. The number of nitrogens with one attached hydrogen (secondary N) is 1. The number of anilines is 1. The van der Waals surface area contributed by atoms with Crippen LogP contribution in [0.5, 0.6) is 5.75 Å². The van der Waals surface area contributed by atoms with Gasteiger partial charge in [0.2, 0.25) is 5.91 Å². The number of aryl methyl sites for hydroxylation is 1. The zero-order valence-electron chi connectivity index (χ0n) is 18.8. The molecule has 34 heavy (non-hydrogen) atoms. The molecule has 0 spiro atoms. The summed E-state index contributed by atoms with van der Waals surface area (Å²) in [7, 11) is 1.73. The molecule has 2 aliphatic rings. The third-order valence-corrected chi connectivity index (χ3v) is 6.25. The molecule has 1 fully saturated rings. The number of hydrogen-bond acceptors (Lipinski definition) is 4. The topological polar surface area (TPSA) is 76.5 Å². The molecule has 1 unspecified atom stereocenters. The first-order valence-electron chi connectivity index (χ1n) is 11.4. The summed E-state index contributed by atoms with van der Waals surface area (Å²) >= 11 is 0. The maximum absolute atomic E-state index is 13.3. The minimum atomic E-state index is -4.59. The Labute approximate surface area is 195 Å². The van der Waals surface area contributed by atoms with Crippen molar-refractivity contribution in [2.45, 2.75) is 50.7 Å². The van der Waals surface area contributed by atoms with Crippen molar-refractivity contribution in [3.8, 4) is 5.75 Å². The Morgan fingerprint density at radius 2 is 1.94 bits per heavy atom. The Balaban J connectivity index is 1.51. The number of amides is 2. The van der Waals surface area contributed by atoms with Gasteiger partial charge in [-0.2, -0.15) is 18.3 Å². The number of carbonyl (C=O) groups is 2. The summed E-state index contributed by atoms with van der Waals surface area (Å²) < 4.78 is 47.1. The van der Waals surface area contributed by atoms with Crippen molar-refractivity contribution >= 4 is 17.6 Å². The van der Waals surface area contributed by atoms with Crippen LogP contribution in [0, 0.1) is 5.92 Å². The molecular weight excluding hydrogens is 449 g/mol. The van der Waals surface area contributed by atoms with Crippen LogP contribution in [0.15, 0.2) is 48.4 Å². The van der Waals surface area contributed by atoms with Gasteiger partial charge < -0.3 is 15.0 Å². The third-order valence-electron chi connectivity index (χ3n) is 6.25. The summed E-state index contributed by atoms with van der Waals surface area (Å²) in [5.74, 6) is -0.480. The van der Waals surface area contributed by atoms with E-state index in [2.05, 4.69) is 10.4 Å². The molecule has 7 nitrogen and oxygen atoms in total. The second-order valence-corrected chi connectivity index (χ2v) is 8.79. The van der Waals surface area contributed by atoms with E-state index in [9.17, 15) is 22.8 Å². The van der Waals surface area contributed by atoms with Crippen LogP contribution in [0.4, 0.5) is 19.0 Å². The first-order chi connectivity index (χ1) is 16.2. The van der Waals surface area contributed by atoms with Gasteiger partial charge in [0.15, 0.2) is 5.82 Å². The Morgan fingerprint density at radius 3 is 2.62 bits per heavy atom. The molecule has 1 aliphatic heterocycles. The molecule has 1 atom stereocenters. The van der Waals surface area contributed by atoms with Gasteiger partial charge >= 0.3 is 6.18 Å². The molecule has 2 heterocycles. The van der Waals surface area contributed by atoms with E-state index < -0.39 is 23.7 Å². The second-order valence-electron chi connectivity index (χ2n) is 8.79. The quantitative estimate of drug-likeness (QED) is 0.638. The van der Waals surface area contributed by atoms with E-state index >= 15 is 0 Å². The zero-order chi connectivity index (χ0) is 24.3. The van der Waals surface area contributed by atoms with Gasteiger partial charge in [0.25, 0.3) is 5.91 Å². The Bertz CT molecular complexity index is 1070. The number of alkyl halides is 3. The minimum absolute atomic E-state index is 0.0704. The van der Waals surface area contributed by atoms with Gasteiger partial charge in [0, 0.05) is 25.4 Å². The number of rotatable bonds is 7. The molecule has 2 aromatic rings. The van der Waals surface area contributed by atoms with Crippen LogP contribution in [-0.4, -0.2) is 39.1 Å². The van der Waals surface area contributed by atoms with Crippen molar-refractivity contribution in [2.24, 2.45) is 13.0 Å². The molecule has 0 radical (unpaired) electrons. The number of nitrogens with zero attached hydrogens (tertiary/aromatic N) is 3. The molecule has 182 valence electrons. The lowest BCUT2D eigenvalue weighted by Gasteiger charge is -2.31. The summed E-state index contributed by atoms with van der Waals surface area (Å²) in [4.78, 5) is 27.4. The molecule has 1 N–H and O–H groups in total. The van der Waals surface area contributed by atoms with E-state index in [1.54, 1.807) is 24.0 Å². The lowest BCUT2D eigenvalue weighted by molar-refractivity contribution is -0.138. The molecule has 4 rings (SSSR count).